The quantitative estimate of drug-likeness (QED) is 0.810. The number of amides is 1. The fraction of sp³-hybridized carbons (Fsp3) is 0.278. The number of rotatable bonds is 7. The third-order valence-electron chi connectivity index (χ3n) is 3.07. The van der Waals surface area contributed by atoms with E-state index in [1.807, 2.05) is 32.0 Å². The van der Waals surface area contributed by atoms with Crippen LogP contribution < -0.4 is 15.4 Å². The summed E-state index contributed by atoms with van der Waals surface area (Å²) < 4.78 is 19.1. The van der Waals surface area contributed by atoms with Crippen LogP contribution in [0.5, 0.6) is 5.75 Å². The predicted octanol–water partition coefficient (Wildman–Crippen LogP) is 4.05. The molecule has 5 heteroatoms. The summed E-state index contributed by atoms with van der Waals surface area (Å²) in [5.74, 6) is 0.148. The Balaban J connectivity index is 1.87. The standard InChI is InChI=1S/C18H21FN2O2/c1-13(2)23-17-10-6-5-9-16(17)21-18(22)11-12-20-15-8-4-3-7-14(15)19/h3-10,13,20H,11-12H2,1-2H3,(H,21,22). The van der Waals surface area contributed by atoms with Crippen LogP contribution in [-0.4, -0.2) is 18.6 Å². The molecule has 0 atom stereocenters. The fourth-order valence-electron chi connectivity index (χ4n) is 2.05. The number of halogens is 1. The number of carbonyl (C=O) groups is 1. The van der Waals surface area contributed by atoms with Crippen molar-refractivity contribution in [1.82, 2.24) is 0 Å². The van der Waals surface area contributed by atoms with E-state index in [0.717, 1.165) is 0 Å². The maximum absolute atomic E-state index is 13.5. The van der Waals surface area contributed by atoms with Gasteiger partial charge >= 0.3 is 0 Å². The van der Waals surface area contributed by atoms with Crippen molar-refractivity contribution in [2.75, 3.05) is 17.2 Å². The molecule has 2 aromatic rings. The molecule has 0 aromatic heterocycles. The molecular formula is C18H21FN2O2. The van der Waals surface area contributed by atoms with E-state index in [9.17, 15) is 9.18 Å². The Hall–Kier alpha value is -2.56. The van der Waals surface area contributed by atoms with E-state index in [0.29, 0.717) is 23.7 Å². The second-order valence-electron chi connectivity index (χ2n) is 5.37. The smallest absolute Gasteiger partial charge is 0.226 e. The van der Waals surface area contributed by atoms with Gasteiger partial charge in [-0.2, -0.15) is 0 Å². The maximum Gasteiger partial charge on any atom is 0.226 e. The van der Waals surface area contributed by atoms with Gasteiger partial charge in [0.25, 0.3) is 0 Å². The number of nitrogens with one attached hydrogen (secondary N) is 2. The molecule has 0 saturated carbocycles. The van der Waals surface area contributed by atoms with E-state index >= 15 is 0 Å². The lowest BCUT2D eigenvalue weighted by Crippen LogP contribution is -2.17. The average Bonchev–Trinajstić information content (AvgIpc) is 2.51. The Morgan fingerprint density at radius 3 is 2.43 bits per heavy atom. The Morgan fingerprint density at radius 1 is 1.09 bits per heavy atom. The molecule has 0 spiro atoms. The minimum Gasteiger partial charge on any atom is -0.489 e. The second-order valence-corrected chi connectivity index (χ2v) is 5.37. The third-order valence-corrected chi connectivity index (χ3v) is 3.07. The highest BCUT2D eigenvalue weighted by atomic mass is 19.1. The summed E-state index contributed by atoms with van der Waals surface area (Å²) >= 11 is 0. The number of anilines is 2. The van der Waals surface area contributed by atoms with Gasteiger partial charge in [-0.15, -0.1) is 0 Å². The van der Waals surface area contributed by atoms with Gasteiger partial charge in [0.15, 0.2) is 0 Å². The molecule has 122 valence electrons. The van der Waals surface area contributed by atoms with Crippen molar-refractivity contribution >= 4 is 17.3 Å². The van der Waals surface area contributed by atoms with Crippen LogP contribution in [0.4, 0.5) is 15.8 Å². The molecular weight excluding hydrogens is 295 g/mol. The summed E-state index contributed by atoms with van der Waals surface area (Å²) in [6, 6.07) is 13.7. The summed E-state index contributed by atoms with van der Waals surface area (Å²) in [5, 5.41) is 5.73. The van der Waals surface area contributed by atoms with Crippen molar-refractivity contribution in [3.8, 4) is 5.75 Å². The molecule has 23 heavy (non-hydrogen) atoms. The number of para-hydroxylation sites is 3. The zero-order valence-corrected chi connectivity index (χ0v) is 13.3. The van der Waals surface area contributed by atoms with Gasteiger partial charge in [0.05, 0.1) is 17.5 Å². The lowest BCUT2D eigenvalue weighted by atomic mass is 10.2. The van der Waals surface area contributed by atoms with Gasteiger partial charge in [-0.3, -0.25) is 4.79 Å². The number of hydrogen-bond donors (Lipinski definition) is 2. The molecule has 0 aliphatic carbocycles. The molecule has 1 amide bonds. The topological polar surface area (TPSA) is 50.4 Å². The van der Waals surface area contributed by atoms with Crippen LogP contribution in [0.2, 0.25) is 0 Å². The number of carbonyl (C=O) groups excluding carboxylic acids is 1. The van der Waals surface area contributed by atoms with E-state index in [2.05, 4.69) is 10.6 Å². The Morgan fingerprint density at radius 2 is 1.74 bits per heavy atom. The van der Waals surface area contributed by atoms with Gasteiger partial charge in [0, 0.05) is 13.0 Å². The SMILES string of the molecule is CC(C)Oc1ccccc1NC(=O)CCNc1ccccc1F. The van der Waals surface area contributed by atoms with Gasteiger partial charge in [0.2, 0.25) is 5.91 Å². The summed E-state index contributed by atoms with van der Waals surface area (Å²) in [7, 11) is 0. The lowest BCUT2D eigenvalue weighted by Gasteiger charge is -2.15. The molecule has 0 fully saturated rings. The minimum atomic E-state index is -0.330. The molecule has 4 nitrogen and oxygen atoms in total. The van der Waals surface area contributed by atoms with Crippen LogP contribution in [0, 0.1) is 5.82 Å². The Labute approximate surface area is 135 Å². The van der Waals surface area contributed by atoms with Gasteiger partial charge in [0.1, 0.15) is 11.6 Å². The van der Waals surface area contributed by atoms with Gasteiger partial charge < -0.3 is 15.4 Å². The summed E-state index contributed by atoms with van der Waals surface area (Å²) in [6.45, 7) is 4.20. The van der Waals surface area contributed by atoms with Crippen LogP contribution in [0.3, 0.4) is 0 Å². The average molecular weight is 316 g/mol. The predicted molar refractivity (Wildman–Crippen MR) is 90.3 cm³/mol. The van der Waals surface area contributed by atoms with Crippen LogP contribution in [0.15, 0.2) is 48.5 Å². The highest BCUT2D eigenvalue weighted by molar-refractivity contribution is 5.92. The van der Waals surface area contributed by atoms with Gasteiger partial charge in [-0.1, -0.05) is 24.3 Å². The molecule has 0 bridgehead atoms. The van der Waals surface area contributed by atoms with Gasteiger partial charge in [-0.25, -0.2) is 4.39 Å². The summed E-state index contributed by atoms with van der Waals surface area (Å²) in [6.07, 6.45) is 0.250. The fourth-order valence-corrected chi connectivity index (χ4v) is 2.05. The molecule has 0 saturated heterocycles. The maximum atomic E-state index is 13.5. The first-order valence-electron chi connectivity index (χ1n) is 7.60. The molecule has 2 aromatic carbocycles. The Kier molecular flexibility index (Phi) is 5.97. The third kappa shape index (κ3) is 5.29. The number of benzene rings is 2. The monoisotopic (exact) mass is 316 g/mol. The zero-order valence-electron chi connectivity index (χ0n) is 13.3. The molecule has 0 unspecified atom stereocenters. The second kappa shape index (κ2) is 8.17. The summed E-state index contributed by atoms with van der Waals surface area (Å²) in [4.78, 5) is 12.0. The molecule has 0 heterocycles. The van der Waals surface area contributed by atoms with Crippen LogP contribution in [0.25, 0.3) is 0 Å². The first kappa shape index (κ1) is 16.8. The van der Waals surface area contributed by atoms with Gasteiger partial charge in [-0.05, 0) is 38.1 Å². The number of hydrogen-bond acceptors (Lipinski definition) is 3. The van der Waals surface area contributed by atoms with Crippen molar-refractivity contribution in [3.05, 3.63) is 54.3 Å². The Bertz CT molecular complexity index is 659. The van der Waals surface area contributed by atoms with Crippen molar-refractivity contribution < 1.29 is 13.9 Å². The largest absolute Gasteiger partial charge is 0.489 e. The first-order valence-corrected chi connectivity index (χ1v) is 7.60. The normalized spacial score (nSPS) is 10.4. The van der Waals surface area contributed by atoms with Crippen LogP contribution >= 0.6 is 0 Å². The van der Waals surface area contributed by atoms with Crippen molar-refractivity contribution in [2.24, 2.45) is 0 Å². The molecule has 2 N–H and O–H groups in total. The zero-order chi connectivity index (χ0) is 16.7. The highest BCUT2D eigenvalue weighted by Crippen LogP contribution is 2.25. The van der Waals surface area contributed by atoms with Crippen molar-refractivity contribution in [2.45, 2.75) is 26.4 Å². The summed E-state index contributed by atoms with van der Waals surface area (Å²) in [5.41, 5.74) is 1.03. The van der Waals surface area contributed by atoms with E-state index < -0.39 is 0 Å². The first-order chi connectivity index (χ1) is 11.1. The van der Waals surface area contributed by atoms with Crippen molar-refractivity contribution in [1.29, 1.82) is 0 Å². The lowest BCUT2D eigenvalue weighted by molar-refractivity contribution is -0.116. The molecule has 0 aliphatic rings. The van der Waals surface area contributed by atoms with Crippen LogP contribution in [-0.2, 0) is 4.79 Å². The molecule has 2 rings (SSSR count). The van der Waals surface area contributed by atoms with E-state index in [4.69, 9.17) is 4.74 Å². The van der Waals surface area contributed by atoms with Crippen molar-refractivity contribution in [3.63, 3.8) is 0 Å². The molecule has 0 aliphatic heterocycles. The van der Waals surface area contributed by atoms with E-state index in [1.54, 1.807) is 24.3 Å². The van der Waals surface area contributed by atoms with Crippen LogP contribution in [0.1, 0.15) is 20.3 Å². The highest BCUT2D eigenvalue weighted by Gasteiger charge is 2.09. The number of ether oxygens (including phenoxy) is 1. The minimum absolute atomic E-state index is 0.0239. The van der Waals surface area contributed by atoms with E-state index in [-0.39, 0.29) is 24.2 Å². The molecule has 0 radical (unpaired) electrons. The van der Waals surface area contributed by atoms with E-state index in [1.165, 1.54) is 6.07 Å².